The van der Waals surface area contributed by atoms with Crippen molar-refractivity contribution in [3.8, 4) is 0 Å². The van der Waals surface area contributed by atoms with Gasteiger partial charge >= 0.3 is 0 Å². The van der Waals surface area contributed by atoms with Crippen LogP contribution in [-0.4, -0.2) is 0 Å². The SMILES string of the molecule is CC.CC12CCCC(C1)C2. The first-order valence-electron chi connectivity index (χ1n) is 4.79. The molecule has 0 aliphatic heterocycles. The highest BCUT2D eigenvalue weighted by Crippen LogP contribution is 2.54. The van der Waals surface area contributed by atoms with Gasteiger partial charge in [-0.15, -0.1) is 0 Å². The molecule has 0 unspecified atom stereocenters. The van der Waals surface area contributed by atoms with Gasteiger partial charge in [-0.1, -0.05) is 33.6 Å². The Hall–Kier alpha value is 0. The maximum atomic E-state index is 2.45. The lowest BCUT2D eigenvalue weighted by Gasteiger charge is -2.50. The van der Waals surface area contributed by atoms with Crippen molar-refractivity contribution < 1.29 is 0 Å². The summed E-state index contributed by atoms with van der Waals surface area (Å²) in [7, 11) is 0. The summed E-state index contributed by atoms with van der Waals surface area (Å²) in [6.07, 6.45) is 7.67. The molecular weight excluding hydrogens is 120 g/mol. The van der Waals surface area contributed by atoms with Crippen molar-refractivity contribution in [2.45, 2.75) is 52.9 Å². The van der Waals surface area contributed by atoms with E-state index in [2.05, 4.69) is 6.92 Å². The van der Waals surface area contributed by atoms with Crippen LogP contribution in [0.4, 0.5) is 0 Å². The summed E-state index contributed by atoms with van der Waals surface area (Å²) in [5.74, 6) is 1.15. The zero-order chi connectivity index (χ0) is 7.61. The lowest BCUT2D eigenvalue weighted by atomic mass is 9.55. The molecule has 0 aromatic heterocycles. The van der Waals surface area contributed by atoms with E-state index in [1.54, 1.807) is 12.8 Å². The van der Waals surface area contributed by atoms with Gasteiger partial charge < -0.3 is 0 Å². The van der Waals surface area contributed by atoms with Crippen molar-refractivity contribution in [1.82, 2.24) is 0 Å². The van der Waals surface area contributed by atoms with Crippen LogP contribution in [0.1, 0.15) is 52.9 Å². The summed E-state index contributed by atoms with van der Waals surface area (Å²) in [5.41, 5.74) is 0.822. The molecule has 3 saturated carbocycles. The maximum absolute atomic E-state index is 2.45. The molecule has 0 radical (unpaired) electrons. The second-order valence-corrected chi connectivity index (χ2v) is 3.98. The minimum atomic E-state index is 0.822. The third kappa shape index (κ3) is 1.36. The highest BCUT2D eigenvalue weighted by molar-refractivity contribution is 4.94. The Balaban J connectivity index is 0.000000231. The van der Waals surface area contributed by atoms with Crippen LogP contribution in [0.3, 0.4) is 0 Å². The molecule has 3 aliphatic carbocycles. The van der Waals surface area contributed by atoms with Crippen LogP contribution in [0.2, 0.25) is 0 Å². The third-order valence-electron chi connectivity index (χ3n) is 2.96. The van der Waals surface area contributed by atoms with Gasteiger partial charge in [-0.2, -0.15) is 0 Å². The minimum Gasteiger partial charge on any atom is -0.0683 e. The van der Waals surface area contributed by atoms with Gasteiger partial charge in [0.2, 0.25) is 0 Å². The Bertz CT molecular complexity index is 93.1. The van der Waals surface area contributed by atoms with Gasteiger partial charge in [0.25, 0.3) is 0 Å². The van der Waals surface area contributed by atoms with Gasteiger partial charge in [0, 0.05) is 0 Å². The van der Waals surface area contributed by atoms with Gasteiger partial charge in [0.15, 0.2) is 0 Å². The van der Waals surface area contributed by atoms with E-state index < -0.39 is 0 Å². The summed E-state index contributed by atoms with van der Waals surface area (Å²) in [6.45, 7) is 6.45. The fraction of sp³-hybridized carbons (Fsp3) is 1.00. The monoisotopic (exact) mass is 140 g/mol. The largest absolute Gasteiger partial charge is 0.0683 e. The highest BCUT2D eigenvalue weighted by Gasteiger charge is 2.42. The Morgan fingerprint density at radius 2 is 1.80 bits per heavy atom. The van der Waals surface area contributed by atoms with E-state index in [1.807, 2.05) is 13.8 Å². The van der Waals surface area contributed by atoms with Gasteiger partial charge in [0.1, 0.15) is 0 Å². The van der Waals surface area contributed by atoms with E-state index >= 15 is 0 Å². The zero-order valence-electron chi connectivity index (χ0n) is 7.61. The third-order valence-corrected chi connectivity index (χ3v) is 2.96. The summed E-state index contributed by atoms with van der Waals surface area (Å²) in [6, 6.07) is 0. The van der Waals surface area contributed by atoms with E-state index in [-0.39, 0.29) is 0 Å². The molecule has 60 valence electrons. The molecule has 0 saturated heterocycles. The van der Waals surface area contributed by atoms with Gasteiger partial charge in [-0.25, -0.2) is 0 Å². The molecule has 0 aromatic rings. The Labute approximate surface area is 65.0 Å². The fourth-order valence-corrected chi connectivity index (χ4v) is 2.56. The Morgan fingerprint density at radius 1 is 1.20 bits per heavy atom. The predicted octanol–water partition coefficient (Wildman–Crippen LogP) is 3.61. The molecule has 0 nitrogen and oxygen atoms in total. The van der Waals surface area contributed by atoms with Crippen LogP contribution in [0.5, 0.6) is 0 Å². The Kier molecular flexibility index (Phi) is 2.38. The van der Waals surface area contributed by atoms with E-state index in [4.69, 9.17) is 0 Å². The van der Waals surface area contributed by atoms with Gasteiger partial charge in [-0.05, 0) is 30.6 Å². The summed E-state index contributed by atoms with van der Waals surface area (Å²) >= 11 is 0. The Morgan fingerprint density at radius 3 is 2.00 bits per heavy atom. The molecule has 0 N–H and O–H groups in total. The summed E-state index contributed by atoms with van der Waals surface area (Å²) in [5, 5.41) is 0. The van der Waals surface area contributed by atoms with Crippen LogP contribution < -0.4 is 0 Å². The molecule has 0 amide bonds. The maximum Gasteiger partial charge on any atom is -0.0321 e. The van der Waals surface area contributed by atoms with Crippen LogP contribution in [-0.2, 0) is 0 Å². The average molecular weight is 140 g/mol. The number of rotatable bonds is 0. The summed E-state index contributed by atoms with van der Waals surface area (Å²) in [4.78, 5) is 0. The molecular formula is C10H20. The second-order valence-electron chi connectivity index (χ2n) is 3.98. The normalized spacial score (nSPS) is 42.9. The second kappa shape index (κ2) is 2.94. The van der Waals surface area contributed by atoms with Crippen molar-refractivity contribution in [2.24, 2.45) is 11.3 Å². The summed E-state index contributed by atoms with van der Waals surface area (Å²) < 4.78 is 0. The molecule has 0 atom stereocenters. The fourth-order valence-electron chi connectivity index (χ4n) is 2.56. The molecule has 3 fully saturated rings. The van der Waals surface area contributed by atoms with E-state index in [9.17, 15) is 0 Å². The predicted molar refractivity (Wildman–Crippen MR) is 46.0 cm³/mol. The van der Waals surface area contributed by atoms with Crippen molar-refractivity contribution in [3.05, 3.63) is 0 Å². The van der Waals surface area contributed by atoms with Crippen molar-refractivity contribution in [1.29, 1.82) is 0 Å². The van der Waals surface area contributed by atoms with Crippen LogP contribution in [0.25, 0.3) is 0 Å². The first-order valence-corrected chi connectivity index (χ1v) is 4.79. The lowest BCUT2D eigenvalue weighted by molar-refractivity contribution is 0.0136. The quantitative estimate of drug-likeness (QED) is 0.482. The van der Waals surface area contributed by atoms with Crippen molar-refractivity contribution in [3.63, 3.8) is 0 Å². The number of hydrogen-bond acceptors (Lipinski definition) is 0. The smallest absolute Gasteiger partial charge is 0.0321 e. The first-order chi connectivity index (χ1) is 4.79. The van der Waals surface area contributed by atoms with Gasteiger partial charge in [-0.3, -0.25) is 0 Å². The molecule has 0 heterocycles. The van der Waals surface area contributed by atoms with Gasteiger partial charge in [0.05, 0.1) is 0 Å². The van der Waals surface area contributed by atoms with E-state index in [1.165, 1.54) is 19.3 Å². The highest BCUT2D eigenvalue weighted by atomic mass is 14.5. The molecule has 0 heteroatoms. The molecule has 0 spiro atoms. The number of hydrogen-bond donors (Lipinski definition) is 0. The first kappa shape index (κ1) is 8.10. The zero-order valence-corrected chi connectivity index (χ0v) is 7.61. The van der Waals surface area contributed by atoms with Crippen molar-refractivity contribution >= 4 is 0 Å². The van der Waals surface area contributed by atoms with Crippen LogP contribution in [0.15, 0.2) is 0 Å². The topological polar surface area (TPSA) is 0 Å². The molecule has 3 rings (SSSR count). The number of fused-ring (bicyclic) bond motifs is 2. The van der Waals surface area contributed by atoms with E-state index in [0.717, 1.165) is 11.3 Å². The molecule has 2 bridgehead atoms. The lowest BCUT2D eigenvalue weighted by Crippen LogP contribution is -2.38. The minimum absolute atomic E-state index is 0.822. The molecule has 3 aliphatic rings. The standard InChI is InChI=1S/C8H14.C2H6/c1-8-4-2-3-7(5-8)6-8;1-2/h7H,2-6H2,1H3;1-2H3. The van der Waals surface area contributed by atoms with E-state index in [0.29, 0.717) is 0 Å². The molecule has 0 aromatic carbocycles. The average Bonchev–Trinajstić information content (AvgIpc) is 1.91. The van der Waals surface area contributed by atoms with Crippen LogP contribution in [0, 0.1) is 11.3 Å². The van der Waals surface area contributed by atoms with Crippen LogP contribution >= 0.6 is 0 Å². The van der Waals surface area contributed by atoms with Crippen molar-refractivity contribution in [2.75, 3.05) is 0 Å². The molecule has 10 heavy (non-hydrogen) atoms.